The number of hydrogen-bond acceptors (Lipinski definition) is 3. The van der Waals surface area contributed by atoms with Gasteiger partial charge in [-0.05, 0) is 69.7 Å². The summed E-state index contributed by atoms with van der Waals surface area (Å²) < 4.78 is 107. The SMILES string of the molecule is [2H]c1c([2H])c([2H])c(-n2c3c([2H])c([2H])c([2H])c([2H])c3c3c([2H])c(-c4ccc(-c5nc(-c6ccc(-c7ccccc7)cc6)nc(-c6cccc(-c7ccccc7)c6)n5)cc4)c([2H])c([2H])c32)c([2H])c1[2H]. The summed E-state index contributed by atoms with van der Waals surface area (Å²) in [6.45, 7) is 0. The average molecular weight is 715 g/mol. The van der Waals surface area contributed by atoms with Gasteiger partial charge in [-0.3, -0.25) is 0 Å². The van der Waals surface area contributed by atoms with Crippen LogP contribution in [0.5, 0.6) is 0 Å². The monoisotopic (exact) mass is 714 g/mol. The molecule has 55 heavy (non-hydrogen) atoms. The maximum atomic E-state index is 9.60. The van der Waals surface area contributed by atoms with Crippen molar-refractivity contribution in [2.24, 2.45) is 0 Å². The van der Waals surface area contributed by atoms with E-state index in [-0.39, 0.29) is 33.4 Å². The summed E-state index contributed by atoms with van der Waals surface area (Å²) in [6.07, 6.45) is 0. The molecule has 10 rings (SSSR count). The molecule has 0 aliphatic rings. The average Bonchev–Trinajstić information content (AvgIpc) is 3.72. The zero-order chi connectivity index (χ0) is 47.0. The minimum atomic E-state index is -0.702. The zero-order valence-electron chi connectivity index (χ0n) is 41.0. The quantitative estimate of drug-likeness (QED) is 0.165. The Labute approximate surface area is 336 Å². The molecule has 0 bridgehead atoms. The van der Waals surface area contributed by atoms with Crippen LogP contribution < -0.4 is 0 Å². The number of nitrogens with zero attached hydrogens (tertiary/aromatic N) is 4. The molecule has 0 saturated carbocycles. The van der Waals surface area contributed by atoms with Gasteiger partial charge in [-0.1, -0.05) is 170 Å². The summed E-state index contributed by atoms with van der Waals surface area (Å²) in [5.41, 5.74) is 5.47. The molecule has 0 atom stereocenters. The molecule has 0 aliphatic heterocycles. The maximum Gasteiger partial charge on any atom is 0.164 e. The molecule has 0 N–H and O–H groups in total. The van der Waals surface area contributed by atoms with Crippen molar-refractivity contribution in [3.63, 3.8) is 0 Å². The Morgan fingerprint density at radius 3 is 1.47 bits per heavy atom. The van der Waals surface area contributed by atoms with Gasteiger partial charge in [-0.2, -0.15) is 0 Å². The first-order valence-electron chi connectivity index (χ1n) is 23.5. The summed E-state index contributed by atoms with van der Waals surface area (Å²) in [5.74, 6) is 1.20. The smallest absolute Gasteiger partial charge is 0.164 e. The Kier molecular flexibility index (Phi) is 5.52. The van der Waals surface area contributed by atoms with Crippen LogP contribution in [0.1, 0.15) is 16.4 Å². The molecule has 0 amide bonds. The van der Waals surface area contributed by atoms with Crippen LogP contribution in [-0.4, -0.2) is 19.5 Å². The predicted molar refractivity (Wildman–Crippen MR) is 227 cm³/mol. The molecule has 8 aromatic carbocycles. The van der Waals surface area contributed by atoms with Crippen LogP contribution in [-0.2, 0) is 0 Å². The first-order valence-corrected chi connectivity index (χ1v) is 17.5. The lowest BCUT2D eigenvalue weighted by Gasteiger charge is -2.11. The van der Waals surface area contributed by atoms with Gasteiger partial charge in [0.25, 0.3) is 0 Å². The van der Waals surface area contributed by atoms with Crippen molar-refractivity contribution in [2.75, 3.05) is 0 Å². The second-order valence-electron chi connectivity index (χ2n) is 12.8. The second-order valence-corrected chi connectivity index (χ2v) is 12.8. The van der Waals surface area contributed by atoms with Crippen LogP contribution in [0.3, 0.4) is 0 Å². The van der Waals surface area contributed by atoms with Crippen LogP contribution in [0, 0.1) is 0 Å². The summed E-state index contributed by atoms with van der Waals surface area (Å²) in [4.78, 5) is 14.8. The highest BCUT2D eigenvalue weighted by atomic mass is 15.0. The summed E-state index contributed by atoms with van der Waals surface area (Å²) in [6, 6.07) is 35.4. The fourth-order valence-corrected chi connectivity index (χ4v) is 6.70. The number of fused-ring (bicyclic) bond motifs is 3. The molecule has 0 unspecified atom stereocenters. The number of para-hydroxylation sites is 2. The van der Waals surface area contributed by atoms with Gasteiger partial charge in [0, 0.05) is 33.2 Å². The van der Waals surface area contributed by atoms with E-state index in [9.17, 15) is 4.11 Å². The second kappa shape index (κ2) is 13.8. The Morgan fingerprint density at radius 1 is 0.345 bits per heavy atom. The van der Waals surface area contributed by atoms with Gasteiger partial charge in [0.05, 0.1) is 27.5 Å². The minimum Gasteiger partial charge on any atom is -0.309 e. The third kappa shape index (κ3) is 6.16. The van der Waals surface area contributed by atoms with Crippen LogP contribution >= 0.6 is 0 Å². The Hall–Kier alpha value is -7.43. The van der Waals surface area contributed by atoms with Crippen molar-refractivity contribution in [3.8, 4) is 73.2 Å². The topological polar surface area (TPSA) is 43.6 Å². The molecule has 0 fully saturated rings. The van der Waals surface area contributed by atoms with Gasteiger partial charge in [0.15, 0.2) is 17.5 Å². The number of rotatable bonds is 7. The lowest BCUT2D eigenvalue weighted by molar-refractivity contribution is 1.07. The third-order valence-corrected chi connectivity index (χ3v) is 9.41. The van der Waals surface area contributed by atoms with E-state index < -0.39 is 72.2 Å². The number of benzene rings is 8. The molecule has 4 nitrogen and oxygen atoms in total. The summed E-state index contributed by atoms with van der Waals surface area (Å²) >= 11 is 0. The Balaban J connectivity index is 1.14. The van der Waals surface area contributed by atoms with Crippen molar-refractivity contribution >= 4 is 21.8 Å². The number of hydrogen-bond donors (Lipinski definition) is 0. The van der Waals surface area contributed by atoms with Gasteiger partial charge < -0.3 is 4.57 Å². The van der Waals surface area contributed by atoms with Gasteiger partial charge in [0.1, 0.15) is 0 Å². The predicted octanol–water partition coefficient (Wildman–Crippen LogP) is 13.0. The van der Waals surface area contributed by atoms with Crippen molar-refractivity contribution < 1.29 is 16.4 Å². The van der Waals surface area contributed by atoms with Gasteiger partial charge in [0.2, 0.25) is 0 Å². The van der Waals surface area contributed by atoms with Crippen LogP contribution in [0.4, 0.5) is 0 Å². The zero-order valence-corrected chi connectivity index (χ0v) is 29.0. The molecule has 0 saturated heterocycles. The van der Waals surface area contributed by atoms with E-state index in [2.05, 4.69) is 0 Å². The molecule has 0 spiro atoms. The van der Waals surface area contributed by atoms with E-state index in [1.165, 1.54) is 0 Å². The standard InChI is InChI=1S/C51H34N4/c1-4-13-35(14-5-1)37-23-27-39(28-24-37)49-52-50(54-51(53-49)43-18-12-17-41(33-43)36-15-6-2-7-16-36)40-29-25-38(26-30-40)42-31-32-48-46(34-42)45-21-10-11-22-47(45)55(48)44-19-8-3-9-20-44/h1-34H/i3D,8D,9D,10D,11D,19D,20D,21D,22D,31D,32D,34D. The Morgan fingerprint density at radius 2 is 0.818 bits per heavy atom. The molecule has 0 aliphatic carbocycles. The highest BCUT2D eigenvalue weighted by molar-refractivity contribution is 6.10. The number of aromatic nitrogens is 4. The van der Waals surface area contributed by atoms with Crippen LogP contribution in [0.15, 0.2) is 206 Å². The van der Waals surface area contributed by atoms with Crippen molar-refractivity contribution in [1.82, 2.24) is 19.5 Å². The molecule has 258 valence electrons. The third-order valence-electron chi connectivity index (χ3n) is 9.41. The molecule has 4 heteroatoms. The van der Waals surface area contributed by atoms with E-state index in [4.69, 9.17) is 27.3 Å². The molecular formula is C51H34N4. The van der Waals surface area contributed by atoms with Gasteiger partial charge in [-0.15, -0.1) is 0 Å². The first-order chi connectivity index (χ1) is 32.2. The Bertz CT molecular complexity index is 3610. The summed E-state index contributed by atoms with van der Waals surface area (Å²) in [5, 5.41) is -0.334. The van der Waals surface area contributed by atoms with E-state index in [0.717, 1.165) is 37.9 Å². The molecule has 2 aromatic heterocycles. The fraction of sp³-hybridized carbons (Fsp3) is 0. The molecular weight excluding hydrogens is 669 g/mol. The van der Waals surface area contributed by atoms with Crippen molar-refractivity contribution in [3.05, 3.63) is 206 Å². The molecule has 10 aromatic rings. The van der Waals surface area contributed by atoms with E-state index in [1.54, 1.807) is 24.3 Å². The van der Waals surface area contributed by atoms with E-state index in [0.29, 0.717) is 28.6 Å². The van der Waals surface area contributed by atoms with Gasteiger partial charge in [-0.25, -0.2) is 15.0 Å². The first kappa shape index (κ1) is 21.9. The maximum absolute atomic E-state index is 9.60. The minimum absolute atomic E-state index is 0.0233. The van der Waals surface area contributed by atoms with Crippen LogP contribution in [0.25, 0.3) is 95.0 Å². The lowest BCUT2D eigenvalue weighted by Crippen LogP contribution is -2.00. The fourth-order valence-electron chi connectivity index (χ4n) is 6.70. The highest BCUT2D eigenvalue weighted by Crippen LogP contribution is 2.36. The molecule has 0 radical (unpaired) electrons. The normalized spacial score (nSPS) is 14.3. The van der Waals surface area contributed by atoms with Crippen molar-refractivity contribution in [1.29, 1.82) is 0 Å². The molecule has 2 heterocycles. The lowest BCUT2D eigenvalue weighted by atomic mass is 10.0. The largest absolute Gasteiger partial charge is 0.309 e. The van der Waals surface area contributed by atoms with Gasteiger partial charge >= 0.3 is 0 Å². The van der Waals surface area contributed by atoms with Crippen molar-refractivity contribution in [2.45, 2.75) is 0 Å². The van der Waals surface area contributed by atoms with E-state index in [1.807, 2.05) is 109 Å². The van der Waals surface area contributed by atoms with Crippen LogP contribution in [0.2, 0.25) is 0 Å². The van der Waals surface area contributed by atoms with E-state index >= 15 is 0 Å². The summed E-state index contributed by atoms with van der Waals surface area (Å²) in [7, 11) is 0. The highest BCUT2D eigenvalue weighted by Gasteiger charge is 2.16.